The van der Waals surface area contributed by atoms with Gasteiger partial charge >= 0.3 is 0 Å². The predicted octanol–water partition coefficient (Wildman–Crippen LogP) is 4.05. The van der Waals surface area contributed by atoms with E-state index in [1.54, 1.807) is 0 Å². The summed E-state index contributed by atoms with van der Waals surface area (Å²) in [6, 6.07) is 8.37. The van der Waals surface area contributed by atoms with Crippen molar-refractivity contribution in [2.75, 3.05) is 11.9 Å². The fraction of sp³-hybridized carbons (Fsp3) is 0.533. The highest BCUT2D eigenvalue weighted by atomic mass is 15.2. The van der Waals surface area contributed by atoms with Gasteiger partial charge in [-0.25, -0.2) is 4.98 Å². The van der Waals surface area contributed by atoms with Crippen molar-refractivity contribution in [3.05, 3.63) is 24.3 Å². The Balaban J connectivity index is 2.19. The number of aryl methyl sites for hydroxylation is 1. The fourth-order valence-electron chi connectivity index (χ4n) is 2.29. The van der Waals surface area contributed by atoms with E-state index < -0.39 is 0 Å². The molecular formula is C15H23N3. The quantitative estimate of drug-likeness (QED) is 0.746. The molecule has 0 aliphatic heterocycles. The van der Waals surface area contributed by atoms with Crippen LogP contribution in [0.1, 0.15) is 39.5 Å². The summed E-state index contributed by atoms with van der Waals surface area (Å²) in [6.45, 7) is 6.33. The molecule has 18 heavy (non-hydrogen) atoms. The topological polar surface area (TPSA) is 29.9 Å². The molecule has 0 fully saturated rings. The van der Waals surface area contributed by atoms with E-state index >= 15 is 0 Å². The number of nitrogens with one attached hydrogen (secondary N) is 1. The minimum Gasteiger partial charge on any atom is -0.356 e. The minimum atomic E-state index is 0.915. The molecule has 0 aliphatic rings. The number of hydrogen-bond donors (Lipinski definition) is 1. The number of hydrogen-bond acceptors (Lipinski definition) is 2. The molecule has 1 aromatic carbocycles. The lowest BCUT2D eigenvalue weighted by molar-refractivity contribution is 0.594. The zero-order chi connectivity index (χ0) is 12.8. The molecule has 1 N–H and O–H groups in total. The summed E-state index contributed by atoms with van der Waals surface area (Å²) in [5.74, 6) is 1.01. The molecule has 0 saturated heterocycles. The SMILES string of the molecule is CCCCCCn1c(NCC)nc2ccccc21. The van der Waals surface area contributed by atoms with E-state index in [0.29, 0.717) is 0 Å². The van der Waals surface area contributed by atoms with Gasteiger partial charge in [0, 0.05) is 13.1 Å². The molecule has 0 radical (unpaired) electrons. The molecule has 0 aliphatic carbocycles. The number of benzene rings is 1. The standard InChI is InChI=1S/C15H23N3/c1-3-5-6-9-12-18-14-11-8-7-10-13(14)17-15(18)16-4-2/h7-8,10-11H,3-6,9,12H2,1-2H3,(H,16,17). The normalized spacial score (nSPS) is 11.0. The van der Waals surface area contributed by atoms with Gasteiger partial charge in [0.05, 0.1) is 11.0 Å². The summed E-state index contributed by atoms with van der Waals surface area (Å²) in [5.41, 5.74) is 2.33. The molecule has 3 nitrogen and oxygen atoms in total. The lowest BCUT2D eigenvalue weighted by Crippen LogP contribution is -2.07. The zero-order valence-electron chi connectivity index (χ0n) is 11.4. The number of rotatable bonds is 7. The van der Waals surface area contributed by atoms with Gasteiger partial charge in [-0.3, -0.25) is 0 Å². The third-order valence-corrected chi connectivity index (χ3v) is 3.22. The van der Waals surface area contributed by atoms with Crippen LogP contribution in [0.15, 0.2) is 24.3 Å². The van der Waals surface area contributed by atoms with Crippen LogP contribution in [0.3, 0.4) is 0 Å². The smallest absolute Gasteiger partial charge is 0.203 e. The minimum absolute atomic E-state index is 0.915. The van der Waals surface area contributed by atoms with Crippen LogP contribution in [0.4, 0.5) is 5.95 Å². The Hall–Kier alpha value is -1.51. The summed E-state index contributed by atoms with van der Waals surface area (Å²) in [6.07, 6.45) is 5.13. The Labute approximate surface area is 109 Å². The third-order valence-electron chi connectivity index (χ3n) is 3.22. The molecule has 2 rings (SSSR count). The summed E-state index contributed by atoms with van der Waals surface area (Å²) in [7, 11) is 0. The second-order valence-electron chi connectivity index (χ2n) is 4.67. The van der Waals surface area contributed by atoms with Crippen LogP contribution in [-0.4, -0.2) is 16.1 Å². The van der Waals surface area contributed by atoms with E-state index in [9.17, 15) is 0 Å². The molecule has 98 valence electrons. The lowest BCUT2D eigenvalue weighted by Gasteiger charge is -2.09. The number of imidazole rings is 1. The van der Waals surface area contributed by atoms with Gasteiger partial charge in [-0.1, -0.05) is 38.3 Å². The van der Waals surface area contributed by atoms with Crippen molar-refractivity contribution >= 4 is 17.0 Å². The van der Waals surface area contributed by atoms with Crippen molar-refractivity contribution in [1.29, 1.82) is 0 Å². The largest absolute Gasteiger partial charge is 0.356 e. The van der Waals surface area contributed by atoms with E-state index in [0.717, 1.165) is 24.6 Å². The number of nitrogens with zero attached hydrogens (tertiary/aromatic N) is 2. The Morgan fingerprint density at radius 3 is 2.72 bits per heavy atom. The fourth-order valence-corrected chi connectivity index (χ4v) is 2.29. The maximum Gasteiger partial charge on any atom is 0.203 e. The van der Waals surface area contributed by atoms with Crippen molar-refractivity contribution in [3.8, 4) is 0 Å². The molecule has 1 aromatic heterocycles. The molecule has 1 heterocycles. The lowest BCUT2D eigenvalue weighted by atomic mass is 10.2. The van der Waals surface area contributed by atoms with Gasteiger partial charge in [0.15, 0.2) is 0 Å². The van der Waals surface area contributed by atoms with E-state index in [-0.39, 0.29) is 0 Å². The van der Waals surface area contributed by atoms with Crippen LogP contribution < -0.4 is 5.32 Å². The van der Waals surface area contributed by atoms with Gasteiger partial charge in [-0.05, 0) is 25.5 Å². The number of aromatic nitrogens is 2. The van der Waals surface area contributed by atoms with E-state index in [1.165, 1.54) is 31.2 Å². The predicted molar refractivity (Wildman–Crippen MR) is 78.0 cm³/mol. The van der Waals surface area contributed by atoms with E-state index in [2.05, 4.69) is 46.9 Å². The Kier molecular flexibility index (Phi) is 4.62. The molecule has 0 atom stereocenters. The molecule has 0 spiro atoms. The Bertz CT molecular complexity index is 487. The van der Waals surface area contributed by atoms with Gasteiger partial charge in [-0.15, -0.1) is 0 Å². The van der Waals surface area contributed by atoms with Gasteiger partial charge in [0.2, 0.25) is 5.95 Å². The summed E-state index contributed by atoms with van der Waals surface area (Å²) >= 11 is 0. The maximum atomic E-state index is 4.65. The molecule has 2 aromatic rings. The number of fused-ring (bicyclic) bond motifs is 1. The van der Waals surface area contributed by atoms with Crippen molar-refractivity contribution in [1.82, 2.24) is 9.55 Å². The monoisotopic (exact) mass is 245 g/mol. The average Bonchev–Trinajstić information content (AvgIpc) is 2.73. The highest BCUT2D eigenvalue weighted by Gasteiger charge is 2.08. The molecule has 0 unspecified atom stereocenters. The third kappa shape index (κ3) is 2.84. The van der Waals surface area contributed by atoms with Crippen molar-refractivity contribution in [2.45, 2.75) is 46.1 Å². The first-order valence-corrected chi connectivity index (χ1v) is 7.06. The van der Waals surface area contributed by atoms with Gasteiger partial charge in [0.25, 0.3) is 0 Å². The highest BCUT2D eigenvalue weighted by Crippen LogP contribution is 2.20. The molecule has 0 bridgehead atoms. The molecular weight excluding hydrogens is 222 g/mol. The second-order valence-corrected chi connectivity index (χ2v) is 4.67. The Morgan fingerprint density at radius 2 is 1.94 bits per heavy atom. The van der Waals surface area contributed by atoms with Crippen LogP contribution in [0.2, 0.25) is 0 Å². The number of para-hydroxylation sites is 2. The van der Waals surface area contributed by atoms with Gasteiger partial charge < -0.3 is 9.88 Å². The molecule has 0 saturated carbocycles. The second kappa shape index (κ2) is 6.43. The van der Waals surface area contributed by atoms with E-state index in [4.69, 9.17) is 0 Å². The first kappa shape index (κ1) is 12.9. The average molecular weight is 245 g/mol. The van der Waals surface area contributed by atoms with Crippen molar-refractivity contribution in [2.24, 2.45) is 0 Å². The van der Waals surface area contributed by atoms with Gasteiger partial charge in [-0.2, -0.15) is 0 Å². The summed E-state index contributed by atoms with van der Waals surface area (Å²) < 4.78 is 2.31. The Morgan fingerprint density at radius 1 is 1.11 bits per heavy atom. The first-order chi connectivity index (χ1) is 8.86. The highest BCUT2D eigenvalue weighted by molar-refractivity contribution is 5.78. The van der Waals surface area contributed by atoms with Gasteiger partial charge in [0.1, 0.15) is 0 Å². The first-order valence-electron chi connectivity index (χ1n) is 7.06. The number of anilines is 1. The van der Waals surface area contributed by atoms with Crippen LogP contribution >= 0.6 is 0 Å². The van der Waals surface area contributed by atoms with Crippen LogP contribution in [0, 0.1) is 0 Å². The van der Waals surface area contributed by atoms with Crippen LogP contribution in [0.25, 0.3) is 11.0 Å². The van der Waals surface area contributed by atoms with E-state index in [1.807, 2.05) is 6.07 Å². The summed E-state index contributed by atoms with van der Waals surface area (Å²) in [4.78, 5) is 4.65. The maximum absolute atomic E-state index is 4.65. The van der Waals surface area contributed by atoms with Crippen LogP contribution in [-0.2, 0) is 6.54 Å². The number of unbranched alkanes of at least 4 members (excludes halogenated alkanes) is 3. The zero-order valence-corrected chi connectivity index (χ0v) is 11.4. The molecule has 3 heteroatoms. The van der Waals surface area contributed by atoms with Crippen molar-refractivity contribution in [3.63, 3.8) is 0 Å². The van der Waals surface area contributed by atoms with Crippen molar-refractivity contribution < 1.29 is 0 Å². The molecule has 0 amide bonds. The van der Waals surface area contributed by atoms with Crippen LogP contribution in [0.5, 0.6) is 0 Å². The summed E-state index contributed by atoms with van der Waals surface area (Å²) in [5, 5.41) is 3.36.